The van der Waals surface area contributed by atoms with Crippen molar-refractivity contribution in [1.29, 1.82) is 0 Å². The molecule has 228 valence electrons. The third-order valence-electron chi connectivity index (χ3n) is 7.97. The first-order chi connectivity index (χ1) is 19.0. The predicted molar refractivity (Wildman–Crippen MR) is 181 cm³/mol. The van der Waals surface area contributed by atoms with Crippen LogP contribution in [-0.4, -0.2) is 9.79 Å². The summed E-state index contributed by atoms with van der Waals surface area (Å²) in [6, 6.07) is 6.67. The highest BCUT2D eigenvalue weighted by Gasteiger charge is 2.14. The van der Waals surface area contributed by atoms with Gasteiger partial charge in [0.15, 0.2) is 0 Å². The topological polar surface area (TPSA) is 40.5 Å². The van der Waals surface area contributed by atoms with Gasteiger partial charge < -0.3 is 9.79 Å². The molecule has 2 N–H and O–H groups in total. The van der Waals surface area contributed by atoms with Gasteiger partial charge in [-0.3, -0.25) is 0 Å². The Hall–Kier alpha value is 0.140. The molecule has 0 atom stereocenters. The van der Waals surface area contributed by atoms with Crippen molar-refractivity contribution in [1.82, 2.24) is 0 Å². The molecule has 0 bridgehead atoms. The molecule has 0 aliphatic rings. The normalized spacial score (nSPS) is 11.9. The van der Waals surface area contributed by atoms with Crippen molar-refractivity contribution in [3.05, 3.63) is 29.3 Å². The van der Waals surface area contributed by atoms with Crippen LogP contribution in [0.25, 0.3) is 0 Å². The molecule has 0 aliphatic carbocycles. The summed E-state index contributed by atoms with van der Waals surface area (Å²) >= 11 is 6.10. The zero-order valence-corrected chi connectivity index (χ0v) is 28.3. The number of unbranched alkanes of at least 4 members (excludes halogenated alkanes) is 22. The highest BCUT2D eigenvalue weighted by atomic mass is 32.9. The van der Waals surface area contributed by atoms with E-state index in [4.69, 9.17) is 11.8 Å². The summed E-state index contributed by atoms with van der Waals surface area (Å²) in [5.74, 6) is 0. The van der Waals surface area contributed by atoms with Gasteiger partial charge in [-0.2, -0.15) is 0 Å². The zero-order chi connectivity index (χ0) is 28.4. The largest absolute Gasteiger partial charge is 0.337 e. The van der Waals surface area contributed by atoms with E-state index in [2.05, 4.69) is 32.0 Å². The minimum absolute atomic E-state index is 1.00. The summed E-state index contributed by atoms with van der Waals surface area (Å²) in [4.78, 5) is 21.0. The lowest BCUT2D eigenvalue weighted by Gasteiger charge is -2.14. The van der Waals surface area contributed by atoms with Crippen molar-refractivity contribution in [3.63, 3.8) is 0 Å². The lowest BCUT2D eigenvalue weighted by Crippen LogP contribution is -1.94. The number of aryl methyl sites for hydroxylation is 2. The van der Waals surface area contributed by atoms with E-state index in [9.17, 15) is 9.79 Å². The molecule has 0 amide bonds. The van der Waals surface area contributed by atoms with Crippen LogP contribution < -0.4 is 0 Å². The first-order valence-electron chi connectivity index (χ1n) is 16.8. The Morgan fingerprint density at radius 3 is 1.28 bits per heavy atom. The maximum atomic E-state index is 9.99. The predicted octanol–water partition coefficient (Wildman–Crippen LogP) is 12.5. The monoisotopic (exact) mass is 598 g/mol. The van der Waals surface area contributed by atoms with Gasteiger partial charge in [-0.25, -0.2) is 0 Å². The number of hydrogen-bond donors (Lipinski definition) is 2. The summed E-state index contributed by atoms with van der Waals surface area (Å²) in [5.41, 5.74) is -0.763. The molecular weight excluding hydrogens is 535 g/mol. The molecule has 0 saturated heterocycles. The molecular formula is C34H63O2PS2. The molecule has 0 heterocycles. The molecule has 1 rings (SSSR count). The molecule has 2 nitrogen and oxygen atoms in total. The van der Waals surface area contributed by atoms with E-state index in [1.54, 1.807) is 0 Å². The molecule has 5 heteroatoms. The number of benzene rings is 1. The van der Waals surface area contributed by atoms with Crippen LogP contribution in [0.2, 0.25) is 0 Å². The van der Waals surface area contributed by atoms with Gasteiger partial charge in [-0.05, 0) is 66.1 Å². The summed E-state index contributed by atoms with van der Waals surface area (Å²) in [6.07, 6.45) is 34.7. The van der Waals surface area contributed by atoms with E-state index in [0.717, 1.165) is 29.1 Å². The molecule has 0 spiro atoms. The molecule has 0 aliphatic heterocycles. The van der Waals surface area contributed by atoms with Crippen molar-refractivity contribution in [2.45, 2.75) is 186 Å². The third-order valence-corrected chi connectivity index (χ3v) is 10.8. The Kier molecular flexibility index (Phi) is 24.6. The van der Waals surface area contributed by atoms with Crippen LogP contribution in [0.1, 0.15) is 179 Å². The fraction of sp³-hybridized carbons (Fsp3) is 0.824. The number of rotatable bonds is 28. The molecule has 0 fully saturated rings. The van der Waals surface area contributed by atoms with Crippen molar-refractivity contribution in [2.75, 3.05) is 0 Å². The van der Waals surface area contributed by atoms with E-state index >= 15 is 0 Å². The molecule has 0 radical (unpaired) electrons. The van der Waals surface area contributed by atoms with Gasteiger partial charge in [0.25, 0.3) is 0 Å². The van der Waals surface area contributed by atoms with E-state index in [0.29, 0.717) is 0 Å². The van der Waals surface area contributed by atoms with Crippen molar-refractivity contribution >= 4 is 28.9 Å². The summed E-state index contributed by atoms with van der Waals surface area (Å²) in [6.45, 7) is 4.56. The van der Waals surface area contributed by atoms with Gasteiger partial charge in [-0.1, -0.05) is 167 Å². The van der Waals surface area contributed by atoms with Gasteiger partial charge >= 0.3 is 0 Å². The van der Waals surface area contributed by atoms with E-state index in [1.165, 1.54) is 165 Å². The van der Waals surface area contributed by atoms with Crippen LogP contribution in [-0.2, 0) is 24.6 Å². The Bertz CT molecular complexity index is 734. The minimum atomic E-state index is -3.31. The van der Waals surface area contributed by atoms with Crippen LogP contribution in [0.15, 0.2) is 23.1 Å². The smallest absolute Gasteiger partial charge is 0.246 e. The fourth-order valence-corrected chi connectivity index (χ4v) is 8.25. The zero-order valence-electron chi connectivity index (χ0n) is 25.8. The number of hydrogen-bond acceptors (Lipinski definition) is 2. The highest BCUT2D eigenvalue weighted by molar-refractivity contribution is 8.67. The van der Waals surface area contributed by atoms with Crippen LogP contribution >= 0.6 is 17.1 Å². The minimum Gasteiger partial charge on any atom is -0.337 e. The summed E-state index contributed by atoms with van der Waals surface area (Å²) in [5, 5.41) is 0. The Labute approximate surface area is 252 Å². The van der Waals surface area contributed by atoms with E-state index in [-0.39, 0.29) is 0 Å². The molecule has 1 aromatic rings. The quantitative estimate of drug-likeness (QED) is 0.0743. The van der Waals surface area contributed by atoms with Gasteiger partial charge in [0.2, 0.25) is 5.69 Å². The van der Waals surface area contributed by atoms with Crippen molar-refractivity contribution in [3.8, 4) is 0 Å². The van der Waals surface area contributed by atoms with Crippen molar-refractivity contribution < 1.29 is 9.79 Å². The molecule has 0 unspecified atom stereocenters. The van der Waals surface area contributed by atoms with Crippen LogP contribution in [0, 0.1) is 0 Å². The van der Waals surface area contributed by atoms with E-state index < -0.39 is 5.69 Å². The SMILES string of the molecule is CCCCCCCCCCCCCCc1ccc(CCCCCCCCCCCCCC)c(SP(O)(O)=S)c1. The van der Waals surface area contributed by atoms with Gasteiger partial charge in [0.1, 0.15) is 0 Å². The lowest BCUT2D eigenvalue weighted by atomic mass is 10.00. The lowest BCUT2D eigenvalue weighted by molar-refractivity contribution is 0.502. The van der Waals surface area contributed by atoms with Crippen LogP contribution in [0.4, 0.5) is 0 Å². The Morgan fingerprint density at radius 1 is 0.538 bits per heavy atom. The van der Waals surface area contributed by atoms with Crippen LogP contribution in [0.5, 0.6) is 0 Å². The maximum Gasteiger partial charge on any atom is 0.246 e. The second-order valence-electron chi connectivity index (χ2n) is 11.8. The standard InChI is InChI=1S/C34H63O2PS2/c1-3-5-7-9-11-13-15-17-19-21-23-25-27-32-29-30-33(34(31-32)39-37(35,36)38)28-26-24-22-20-18-16-14-12-10-8-6-4-2/h29-31H,3-28H2,1-2H3,(H2,35,36,38). The fourth-order valence-electron chi connectivity index (χ4n) is 5.50. The summed E-state index contributed by atoms with van der Waals surface area (Å²) in [7, 11) is 0. The van der Waals surface area contributed by atoms with Gasteiger partial charge in [0.05, 0.1) is 0 Å². The van der Waals surface area contributed by atoms with Crippen molar-refractivity contribution in [2.24, 2.45) is 0 Å². The molecule has 1 aromatic carbocycles. The van der Waals surface area contributed by atoms with E-state index in [1.807, 2.05) is 0 Å². The average Bonchev–Trinajstić information content (AvgIpc) is 2.90. The molecule has 39 heavy (non-hydrogen) atoms. The first kappa shape index (κ1) is 37.2. The second kappa shape index (κ2) is 25.8. The molecule has 0 saturated carbocycles. The van der Waals surface area contributed by atoms with Gasteiger partial charge in [0, 0.05) is 4.90 Å². The summed E-state index contributed by atoms with van der Waals surface area (Å²) < 4.78 is 0. The highest BCUT2D eigenvalue weighted by Crippen LogP contribution is 2.56. The third kappa shape index (κ3) is 23.4. The second-order valence-corrected chi connectivity index (χ2v) is 17.7. The first-order valence-corrected chi connectivity index (χ1v) is 21.0. The average molecular weight is 599 g/mol. The molecule has 0 aromatic heterocycles. The maximum absolute atomic E-state index is 9.99. The Morgan fingerprint density at radius 2 is 0.897 bits per heavy atom. The Balaban J connectivity index is 2.23. The van der Waals surface area contributed by atoms with Crippen LogP contribution in [0.3, 0.4) is 0 Å². The van der Waals surface area contributed by atoms with Gasteiger partial charge in [-0.15, -0.1) is 0 Å².